The fourth-order valence-electron chi connectivity index (χ4n) is 3.59. The van der Waals surface area contributed by atoms with Crippen LogP contribution in [0, 0.1) is 11.8 Å². The number of benzene rings is 1. The molecule has 1 saturated carbocycles. The van der Waals surface area contributed by atoms with Gasteiger partial charge in [-0.25, -0.2) is 8.42 Å². The normalized spacial score (nSPS) is 26.2. The number of hydrogen-bond donors (Lipinski definition) is 1. The zero-order chi connectivity index (χ0) is 15.0. The van der Waals surface area contributed by atoms with Gasteiger partial charge in [-0.15, -0.1) is 0 Å². The zero-order valence-corrected chi connectivity index (χ0v) is 13.8. The molecule has 2 unspecified atom stereocenters. The molecule has 1 aliphatic heterocycles. The van der Waals surface area contributed by atoms with Crippen LogP contribution in [0.2, 0.25) is 5.02 Å². The summed E-state index contributed by atoms with van der Waals surface area (Å²) in [5, 5.41) is 3.34. The maximum Gasteiger partial charge on any atom is 0.244 e. The van der Waals surface area contributed by atoms with Crippen LogP contribution in [-0.2, 0) is 16.6 Å². The predicted octanol–water partition coefficient (Wildman–Crippen LogP) is 2.48. The van der Waals surface area contributed by atoms with E-state index in [0.29, 0.717) is 36.5 Å². The second-order valence-electron chi connectivity index (χ2n) is 6.07. The molecule has 0 bridgehead atoms. The van der Waals surface area contributed by atoms with Gasteiger partial charge in [0.2, 0.25) is 10.0 Å². The molecule has 116 valence electrons. The molecule has 1 heterocycles. The van der Waals surface area contributed by atoms with Gasteiger partial charge in [0, 0.05) is 19.6 Å². The first-order valence-electron chi connectivity index (χ1n) is 7.45. The first-order valence-corrected chi connectivity index (χ1v) is 9.27. The fraction of sp³-hybridized carbons (Fsp3) is 0.600. The number of hydrogen-bond acceptors (Lipinski definition) is 3. The molecule has 2 atom stereocenters. The van der Waals surface area contributed by atoms with Crippen molar-refractivity contribution in [1.82, 2.24) is 9.62 Å². The Kier molecular flexibility index (Phi) is 4.28. The van der Waals surface area contributed by atoms with Crippen LogP contribution >= 0.6 is 11.6 Å². The van der Waals surface area contributed by atoms with Gasteiger partial charge >= 0.3 is 0 Å². The third-order valence-electron chi connectivity index (χ3n) is 4.69. The van der Waals surface area contributed by atoms with Crippen molar-refractivity contribution < 1.29 is 8.42 Å². The van der Waals surface area contributed by atoms with Gasteiger partial charge in [-0.1, -0.05) is 24.1 Å². The lowest BCUT2D eigenvalue weighted by atomic mass is 10.0. The van der Waals surface area contributed by atoms with Gasteiger partial charge in [0.25, 0.3) is 0 Å². The Bertz CT molecular complexity index is 621. The highest BCUT2D eigenvalue weighted by Crippen LogP contribution is 2.40. The summed E-state index contributed by atoms with van der Waals surface area (Å²) in [5.74, 6) is 1.08. The molecule has 1 aromatic carbocycles. The molecule has 1 N–H and O–H groups in total. The molecule has 6 heteroatoms. The smallest absolute Gasteiger partial charge is 0.244 e. The lowest BCUT2D eigenvalue weighted by Crippen LogP contribution is -2.30. The number of rotatable bonds is 4. The number of fused-ring (bicyclic) bond motifs is 1. The topological polar surface area (TPSA) is 49.4 Å². The van der Waals surface area contributed by atoms with Crippen LogP contribution in [0.3, 0.4) is 0 Å². The van der Waals surface area contributed by atoms with Crippen molar-refractivity contribution in [3.05, 3.63) is 28.8 Å². The van der Waals surface area contributed by atoms with E-state index in [0.717, 1.165) is 18.4 Å². The fourth-order valence-corrected chi connectivity index (χ4v) is 5.67. The van der Waals surface area contributed by atoms with Gasteiger partial charge in [-0.05, 0) is 49.4 Å². The Morgan fingerprint density at radius 3 is 2.57 bits per heavy atom. The molecular formula is C15H21ClN2O2S. The molecule has 21 heavy (non-hydrogen) atoms. The molecule has 3 rings (SSSR count). The molecule has 0 aromatic heterocycles. The standard InChI is InChI=1S/C15H21ClN2O2S/c1-17-8-11-5-6-14(16)15(7-11)21(19,20)18-9-12-3-2-4-13(12)10-18/h5-7,12-13,17H,2-4,8-10H2,1H3. The minimum Gasteiger partial charge on any atom is -0.316 e. The van der Waals surface area contributed by atoms with E-state index in [1.807, 2.05) is 13.1 Å². The van der Waals surface area contributed by atoms with E-state index in [9.17, 15) is 8.42 Å². The molecule has 2 aliphatic rings. The van der Waals surface area contributed by atoms with Crippen LogP contribution in [-0.4, -0.2) is 32.9 Å². The van der Waals surface area contributed by atoms with Gasteiger partial charge in [-0.2, -0.15) is 4.31 Å². The van der Waals surface area contributed by atoms with Crippen LogP contribution < -0.4 is 5.32 Å². The second kappa shape index (κ2) is 5.88. The van der Waals surface area contributed by atoms with Gasteiger partial charge < -0.3 is 5.32 Å². The van der Waals surface area contributed by atoms with Crippen molar-refractivity contribution >= 4 is 21.6 Å². The minimum absolute atomic E-state index is 0.247. The Hall–Kier alpha value is -0.620. The number of halogens is 1. The van der Waals surface area contributed by atoms with Crippen LogP contribution in [0.4, 0.5) is 0 Å². The monoisotopic (exact) mass is 328 g/mol. The van der Waals surface area contributed by atoms with Crippen LogP contribution in [0.1, 0.15) is 24.8 Å². The maximum atomic E-state index is 12.9. The van der Waals surface area contributed by atoms with E-state index < -0.39 is 10.0 Å². The van der Waals surface area contributed by atoms with Gasteiger partial charge in [0.15, 0.2) is 0 Å². The molecule has 2 fully saturated rings. The van der Waals surface area contributed by atoms with Crippen LogP contribution in [0.5, 0.6) is 0 Å². The summed E-state index contributed by atoms with van der Waals surface area (Å²) < 4.78 is 27.4. The van der Waals surface area contributed by atoms with Crippen molar-refractivity contribution in [2.24, 2.45) is 11.8 Å². The van der Waals surface area contributed by atoms with Crippen LogP contribution in [0.25, 0.3) is 0 Å². The van der Waals surface area contributed by atoms with Crippen LogP contribution in [0.15, 0.2) is 23.1 Å². The largest absolute Gasteiger partial charge is 0.316 e. The van der Waals surface area contributed by atoms with Crippen molar-refractivity contribution in [1.29, 1.82) is 0 Å². The summed E-state index contributed by atoms with van der Waals surface area (Å²) in [6.07, 6.45) is 3.55. The van der Waals surface area contributed by atoms with E-state index in [-0.39, 0.29) is 4.90 Å². The summed E-state index contributed by atoms with van der Waals surface area (Å²) in [6, 6.07) is 5.23. The first-order chi connectivity index (χ1) is 10.0. The third kappa shape index (κ3) is 2.84. The lowest BCUT2D eigenvalue weighted by Gasteiger charge is -2.18. The molecule has 1 aromatic rings. The average Bonchev–Trinajstić information content (AvgIpc) is 3.02. The third-order valence-corrected chi connectivity index (χ3v) is 7.00. The van der Waals surface area contributed by atoms with E-state index >= 15 is 0 Å². The summed E-state index contributed by atoms with van der Waals surface area (Å²) in [7, 11) is -1.64. The molecule has 0 spiro atoms. The second-order valence-corrected chi connectivity index (χ2v) is 8.38. The molecular weight excluding hydrogens is 308 g/mol. The van der Waals surface area contributed by atoms with E-state index in [1.165, 1.54) is 6.42 Å². The van der Waals surface area contributed by atoms with Crippen molar-refractivity contribution in [2.45, 2.75) is 30.7 Å². The Morgan fingerprint density at radius 1 is 1.29 bits per heavy atom. The lowest BCUT2D eigenvalue weighted by molar-refractivity contribution is 0.445. The summed E-state index contributed by atoms with van der Waals surface area (Å²) in [6.45, 7) is 1.93. The van der Waals surface area contributed by atoms with Gasteiger partial charge in [-0.3, -0.25) is 0 Å². The molecule has 0 radical (unpaired) electrons. The summed E-state index contributed by atoms with van der Waals surface area (Å²) in [5.41, 5.74) is 0.930. The number of sulfonamides is 1. The van der Waals surface area contributed by atoms with Crippen molar-refractivity contribution in [3.63, 3.8) is 0 Å². The predicted molar refractivity (Wildman–Crippen MR) is 83.8 cm³/mol. The molecule has 1 saturated heterocycles. The van der Waals surface area contributed by atoms with Crippen molar-refractivity contribution in [2.75, 3.05) is 20.1 Å². The highest BCUT2D eigenvalue weighted by atomic mass is 35.5. The number of nitrogens with one attached hydrogen (secondary N) is 1. The number of nitrogens with zero attached hydrogens (tertiary/aromatic N) is 1. The molecule has 1 aliphatic carbocycles. The van der Waals surface area contributed by atoms with E-state index in [2.05, 4.69) is 5.32 Å². The Labute approximate surface area is 131 Å². The quantitative estimate of drug-likeness (QED) is 0.923. The molecule has 0 amide bonds. The average molecular weight is 329 g/mol. The van der Waals surface area contributed by atoms with Gasteiger partial charge in [0.1, 0.15) is 4.90 Å². The summed E-state index contributed by atoms with van der Waals surface area (Å²) >= 11 is 6.15. The molecule has 4 nitrogen and oxygen atoms in total. The Balaban J connectivity index is 1.89. The first kappa shape index (κ1) is 15.3. The Morgan fingerprint density at radius 2 is 1.95 bits per heavy atom. The zero-order valence-electron chi connectivity index (χ0n) is 12.2. The minimum atomic E-state index is -3.48. The highest BCUT2D eigenvalue weighted by molar-refractivity contribution is 7.89. The highest BCUT2D eigenvalue weighted by Gasteiger charge is 2.41. The van der Waals surface area contributed by atoms with Gasteiger partial charge in [0.05, 0.1) is 5.02 Å². The van der Waals surface area contributed by atoms with E-state index in [1.54, 1.807) is 16.4 Å². The van der Waals surface area contributed by atoms with E-state index in [4.69, 9.17) is 11.6 Å². The summed E-state index contributed by atoms with van der Waals surface area (Å²) in [4.78, 5) is 0.247. The van der Waals surface area contributed by atoms with Crippen molar-refractivity contribution in [3.8, 4) is 0 Å². The SMILES string of the molecule is CNCc1ccc(Cl)c(S(=O)(=O)N2CC3CCCC3C2)c1. The maximum absolute atomic E-state index is 12.9.